The number of rotatable bonds is 1. The van der Waals surface area contributed by atoms with Crippen LogP contribution >= 0.6 is 0 Å². The maximum Gasteiger partial charge on any atom is 0.259 e. The molecule has 2 fully saturated rings. The number of primary amides is 1. The second kappa shape index (κ2) is 3.67. The molecule has 80 valence electrons. The van der Waals surface area contributed by atoms with Gasteiger partial charge in [0.25, 0.3) is 5.91 Å². The van der Waals surface area contributed by atoms with E-state index in [1.807, 2.05) is 6.07 Å². The Hall–Kier alpha value is -1.34. The van der Waals surface area contributed by atoms with E-state index in [1.54, 1.807) is 0 Å². The molecule has 2 aliphatic rings. The normalized spacial score (nSPS) is 30.0. The molecular formula is C11H15N3O. The predicted molar refractivity (Wildman–Crippen MR) is 55.6 cm³/mol. The Bertz CT molecular complexity index is 351. The molecule has 0 saturated carbocycles. The van der Waals surface area contributed by atoms with Gasteiger partial charge in [-0.05, 0) is 38.3 Å². The fraction of sp³-hybridized carbons (Fsp3) is 0.636. The van der Waals surface area contributed by atoms with E-state index in [9.17, 15) is 4.79 Å². The van der Waals surface area contributed by atoms with E-state index in [2.05, 4.69) is 11.9 Å². The molecule has 0 radical (unpaired) electrons. The zero-order chi connectivity index (χ0) is 11.0. The van der Waals surface area contributed by atoms with E-state index in [-0.39, 0.29) is 5.57 Å². The number of fused-ring (bicyclic) bond motifs is 2. The van der Waals surface area contributed by atoms with Gasteiger partial charge in [0.05, 0.1) is 0 Å². The highest BCUT2D eigenvalue weighted by Gasteiger charge is 2.37. The molecule has 0 aliphatic carbocycles. The molecule has 2 heterocycles. The van der Waals surface area contributed by atoms with E-state index in [0.29, 0.717) is 12.1 Å². The van der Waals surface area contributed by atoms with Crippen LogP contribution in [0, 0.1) is 11.3 Å². The predicted octanol–water partition coefficient (Wildman–Crippen LogP) is 0.548. The van der Waals surface area contributed by atoms with Gasteiger partial charge in [-0.1, -0.05) is 0 Å². The van der Waals surface area contributed by atoms with Crippen molar-refractivity contribution in [1.82, 2.24) is 4.90 Å². The highest BCUT2D eigenvalue weighted by molar-refractivity contribution is 5.96. The van der Waals surface area contributed by atoms with Crippen LogP contribution in [0.2, 0.25) is 0 Å². The Balaban J connectivity index is 2.28. The van der Waals surface area contributed by atoms with Gasteiger partial charge in [0, 0.05) is 12.1 Å². The number of nitrogens with two attached hydrogens (primary N) is 1. The molecule has 0 aromatic rings. The van der Waals surface area contributed by atoms with E-state index in [0.717, 1.165) is 18.4 Å². The summed E-state index contributed by atoms with van der Waals surface area (Å²) in [5, 5.41) is 8.89. The van der Waals surface area contributed by atoms with Gasteiger partial charge in [0.1, 0.15) is 11.6 Å². The van der Waals surface area contributed by atoms with Crippen molar-refractivity contribution in [1.29, 1.82) is 5.26 Å². The van der Waals surface area contributed by atoms with Gasteiger partial charge >= 0.3 is 0 Å². The Kier molecular flexibility index (Phi) is 2.49. The number of nitriles is 1. The van der Waals surface area contributed by atoms with Crippen LogP contribution in [0.15, 0.2) is 11.1 Å². The molecule has 2 unspecified atom stereocenters. The third kappa shape index (κ3) is 1.64. The quantitative estimate of drug-likeness (QED) is 0.502. The lowest BCUT2D eigenvalue weighted by atomic mass is 9.93. The number of piperidine rings is 1. The van der Waals surface area contributed by atoms with Crippen LogP contribution in [0.4, 0.5) is 0 Å². The minimum absolute atomic E-state index is 0.194. The third-order valence-corrected chi connectivity index (χ3v) is 3.66. The van der Waals surface area contributed by atoms with Crippen molar-refractivity contribution in [2.75, 3.05) is 7.05 Å². The average Bonchev–Trinajstić information content (AvgIpc) is 2.43. The number of hydrogen-bond donors (Lipinski definition) is 1. The maximum atomic E-state index is 11.1. The first-order valence-electron chi connectivity index (χ1n) is 5.27. The molecule has 0 spiro atoms. The van der Waals surface area contributed by atoms with Crippen LogP contribution < -0.4 is 5.73 Å². The molecule has 0 aromatic carbocycles. The van der Waals surface area contributed by atoms with Gasteiger partial charge in [-0.15, -0.1) is 0 Å². The summed E-state index contributed by atoms with van der Waals surface area (Å²) in [7, 11) is 2.12. The van der Waals surface area contributed by atoms with Crippen LogP contribution in [-0.4, -0.2) is 29.9 Å². The Labute approximate surface area is 89.3 Å². The van der Waals surface area contributed by atoms with Gasteiger partial charge in [-0.25, -0.2) is 0 Å². The molecule has 2 N–H and O–H groups in total. The summed E-state index contributed by atoms with van der Waals surface area (Å²) in [6, 6.07) is 2.94. The lowest BCUT2D eigenvalue weighted by Crippen LogP contribution is -2.37. The van der Waals surface area contributed by atoms with E-state index >= 15 is 0 Å². The van der Waals surface area contributed by atoms with Gasteiger partial charge in [-0.2, -0.15) is 5.26 Å². The zero-order valence-electron chi connectivity index (χ0n) is 8.86. The lowest BCUT2D eigenvalue weighted by Gasteiger charge is -2.32. The Morgan fingerprint density at radius 3 is 2.40 bits per heavy atom. The average molecular weight is 205 g/mol. The first kappa shape index (κ1) is 10.2. The molecule has 2 rings (SSSR count). The smallest absolute Gasteiger partial charge is 0.259 e. The highest BCUT2D eigenvalue weighted by Crippen LogP contribution is 2.38. The molecule has 2 atom stereocenters. The van der Waals surface area contributed by atoms with E-state index in [1.165, 1.54) is 12.8 Å². The summed E-state index contributed by atoms with van der Waals surface area (Å²) in [5.41, 5.74) is 6.35. The van der Waals surface area contributed by atoms with E-state index in [4.69, 9.17) is 11.0 Å². The summed E-state index contributed by atoms with van der Waals surface area (Å²) >= 11 is 0. The fourth-order valence-corrected chi connectivity index (χ4v) is 2.75. The third-order valence-electron chi connectivity index (χ3n) is 3.66. The van der Waals surface area contributed by atoms with Crippen LogP contribution in [0.5, 0.6) is 0 Å². The summed E-state index contributed by atoms with van der Waals surface area (Å²) in [5.74, 6) is -0.573. The molecule has 4 heteroatoms. The van der Waals surface area contributed by atoms with Crippen molar-refractivity contribution in [3.05, 3.63) is 11.1 Å². The van der Waals surface area contributed by atoms with Crippen molar-refractivity contribution in [2.24, 2.45) is 5.73 Å². The molecule has 4 nitrogen and oxygen atoms in total. The van der Waals surface area contributed by atoms with E-state index < -0.39 is 5.91 Å². The van der Waals surface area contributed by atoms with Crippen LogP contribution in [0.3, 0.4) is 0 Å². The zero-order valence-corrected chi connectivity index (χ0v) is 8.86. The first-order chi connectivity index (χ1) is 7.13. The Morgan fingerprint density at radius 1 is 1.47 bits per heavy atom. The summed E-state index contributed by atoms with van der Waals surface area (Å²) in [6.07, 6.45) is 4.00. The summed E-state index contributed by atoms with van der Waals surface area (Å²) in [4.78, 5) is 13.4. The van der Waals surface area contributed by atoms with Gasteiger partial charge in [0.15, 0.2) is 0 Å². The molecular weight excluding hydrogens is 190 g/mol. The van der Waals surface area contributed by atoms with Crippen molar-refractivity contribution >= 4 is 5.91 Å². The van der Waals surface area contributed by atoms with Crippen molar-refractivity contribution in [3.63, 3.8) is 0 Å². The Morgan fingerprint density at radius 2 is 2.00 bits per heavy atom. The minimum atomic E-state index is -0.573. The lowest BCUT2D eigenvalue weighted by molar-refractivity contribution is -0.114. The number of carbonyl (C=O) groups excluding carboxylic acids is 1. The topological polar surface area (TPSA) is 70.1 Å². The fourth-order valence-electron chi connectivity index (χ4n) is 2.75. The maximum absolute atomic E-state index is 11.1. The molecule has 2 aliphatic heterocycles. The van der Waals surface area contributed by atoms with Crippen LogP contribution in [0.25, 0.3) is 0 Å². The van der Waals surface area contributed by atoms with Crippen LogP contribution in [0.1, 0.15) is 25.7 Å². The molecule has 2 bridgehead atoms. The molecule has 2 saturated heterocycles. The largest absolute Gasteiger partial charge is 0.365 e. The molecule has 1 amide bonds. The second-order valence-corrected chi connectivity index (χ2v) is 4.41. The number of hydrogen-bond acceptors (Lipinski definition) is 3. The van der Waals surface area contributed by atoms with Gasteiger partial charge in [-0.3, -0.25) is 9.69 Å². The first-order valence-corrected chi connectivity index (χ1v) is 5.27. The van der Waals surface area contributed by atoms with Gasteiger partial charge < -0.3 is 5.73 Å². The SMILES string of the molecule is CN1C2CCC1CC(=C(C#N)C(N)=O)C2. The highest BCUT2D eigenvalue weighted by atomic mass is 16.1. The minimum Gasteiger partial charge on any atom is -0.365 e. The van der Waals surface area contributed by atoms with Crippen molar-refractivity contribution in [3.8, 4) is 6.07 Å². The monoisotopic (exact) mass is 205 g/mol. The standard InChI is InChI=1S/C11H15N3O/c1-14-8-2-3-9(14)5-7(4-8)10(6-12)11(13)15/h8-9H,2-5H2,1H3,(H2,13,15). The second-order valence-electron chi connectivity index (χ2n) is 4.41. The summed E-state index contributed by atoms with van der Waals surface area (Å²) in [6.45, 7) is 0. The summed E-state index contributed by atoms with van der Waals surface area (Å²) < 4.78 is 0. The number of carbonyl (C=O) groups is 1. The molecule has 0 aromatic heterocycles. The number of nitrogens with zero attached hydrogens (tertiary/aromatic N) is 2. The number of amides is 1. The van der Waals surface area contributed by atoms with Crippen LogP contribution in [-0.2, 0) is 4.79 Å². The van der Waals surface area contributed by atoms with Crippen molar-refractivity contribution < 1.29 is 4.79 Å². The van der Waals surface area contributed by atoms with Crippen molar-refractivity contribution in [2.45, 2.75) is 37.8 Å². The van der Waals surface area contributed by atoms with Gasteiger partial charge in [0.2, 0.25) is 0 Å². The molecule has 15 heavy (non-hydrogen) atoms.